The zero-order chi connectivity index (χ0) is 17.1. The molecule has 1 N–H and O–H groups in total. The van der Waals surface area contributed by atoms with Gasteiger partial charge < -0.3 is 20.0 Å². The fourth-order valence-electron chi connectivity index (χ4n) is 1.86. The van der Waals surface area contributed by atoms with Crippen LogP contribution in [0.5, 0.6) is 0 Å². The largest absolute Gasteiger partial charge is 0.545 e. The van der Waals surface area contributed by atoms with Gasteiger partial charge in [0.05, 0.1) is 23.8 Å². The first-order chi connectivity index (χ1) is 11.0. The number of carbonyl (C=O) groups excluding carboxylic acids is 3. The summed E-state index contributed by atoms with van der Waals surface area (Å²) in [6.45, 7) is 2.42. The summed E-state index contributed by atoms with van der Waals surface area (Å²) in [7, 11) is 0. The summed E-state index contributed by atoms with van der Waals surface area (Å²) in [5.41, 5.74) is 0.484. The number of esters is 1. The van der Waals surface area contributed by atoms with E-state index in [2.05, 4.69) is 12.2 Å². The average Bonchev–Trinajstić information content (AvgIpc) is 2.53. The fraction of sp³-hybridized carbons (Fsp3) is 0.353. The highest BCUT2D eigenvalue weighted by Crippen LogP contribution is 2.16. The molecule has 0 fully saturated rings. The maximum absolute atomic E-state index is 12.1. The van der Waals surface area contributed by atoms with Gasteiger partial charge in [-0.25, -0.2) is 4.79 Å². The van der Waals surface area contributed by atoms with Crippen molar-refractivity contribution in [1.29, 1.82) is 0 Å². The Bertz CT molecular complexity index is 580. The summed E-state index contributed by atoms with van der Waals surface area (Å²) in [6.07, 6.45) is 5.42. The number of hydrogen-bond donors (Lipinski definition) is 1. The molecule has 0 aromatic heterocycles. The molecule has 0 radical (unpaired) electrons. The van der Waals surface area contributed by atoms with Gasteiger partial charge in [0.25, 0.3) is 0 Å². The summed E-state index contributed by atoms with van der Waals surface area (Å²) < 4.78 is 5.18. The third-order valence-electron chi connectivity index (χ3n) is 3.01. The Hall–Kier alpha value is -2.63. The van der Waals surface area contributed by atoms with Gasteiger partial charge in [-0.2, -0.15) is 0 Å². The first kappa shape index (κ1) is 18.4. The van der Waals surface area contributed by atoms with Gasteiger partial charge in [0.2, 0.25) is 5.91 Å². The number of amides is 1. The first-order valence-corrected chi connectivity index (χ1v) is 7.50. The molecule has 6 nitrogen and oxygen atoms in total. The van der Waals surface area contributed by atoms with Crippen LogP contribution < -0.4 is 10.4 Å². The van der Waals surface area contributed by atoms with Gasteiger partial charge in [0.1, 0.15) is 0 Å². The second kappa shape index (κ2) is 10.2. The highest BCUT2D eigenvalue weighted by molar-refractivity contribution is 6.06. The van der Waals surface area contributed by atoms with Crippen LogP contribution >= 0.6 is 0 Å². The maximum Gasteiger partial charge on any atom is 0.340 e. The molecular formula is C17H20NO5-. The third-order valence-corrected chi connectivity index (χ3v) is 3.01. The van der Waals surface area contributed by atoms with E-state index in [-0.39, 0.29) is 11.3 Å². The highest BCUT2D eigenvalue weighted by atomic mass is 16.5. The Morgan fingerprint density at radius 2 is 1.87 bits per heavy atom. The molecule has 124 valence electrons. The smallest absolute Gasteiger partial charge is 0.340 e. The van der Waals surface area contributed by atoms with Gasteiger partial charge in [0, 0.05) is 6.08 Å². The zero-order valence-corrected chi connectivity index (χ0v) is 13.0. The minimum absolute atomic E-state index is 0.221. The number of anilines is 1. The number of nitrogens with one attached hydrogen (secondary N) is 1. The van der Waals surface area contributed by atoms with E-state index in [1.165, 1.54) is 6.07 Å². The van der Waals surface area contributed by atoms with Gasteiger partial charge in [-0.3, -0.25) is 4.79 Å². The maximum atomic E-state index is 12.1. The number of carbonyl (C=O) groups is 3. The van der Waals surface area contributed by atoms with Crippen LogP contribution in [0.25, 0.3) is 0 Å². The average molecular weight is 318 g/mol. The molecule has 6 heteroatoms. The van der Waals surface area contributed by atoms with E-state index < -0.39 is 17.8 Å². The predicted octanol–water partition coefficient (Wildman–Crippen LogP) is 1.67. The molecule has 1 aromatic carbocycles. The van der Waals surface area contributed by atoms with Crippen LogP contribution in [0.3, 0.4) is 0 Å². The molecule has 0 saturated carbocycles. The lowest BCUT2D eigenvalue weighted by Crippen LogP contribution is -2.20. The van der Waals surface area contributed by atoms with Crippen LogP contribution in [0.2, 0.25) is 0 Å². The van der Waals surface area contributed by atoms with Crippen LogP contribution in [-0.2, 0) is 14.3 Å². The standard InChI is InChI=1S/C17H21NO5/c1-2-3-4-7-12-23-17(22)13-8-5-6-9-14(13)18-15(19)10-11-16(20)21/h5-6,8-11H,2-4,7,12H2,1H3,(H,18,19)(H,20,21)/p-1/b11-10+. The number of unbranched alkanes of at least 4 members (excludes halogenated alkanes) is 3. The molecule has 1 rings (SSSR count). The molecule has 0 bridgehead atoms. The second-order valence-electron chi connectivity index (χ2n) is 4.88. The lowest BCUT2D eigenvalue weighted by Gasteiger charge is -2.10. The van der Waals surface area contributed by atoms with Crippen molar-refractivity contribution in [2.24, 2.45) is 0 Å². The highest BCUT2D eigenvalue weighted by Gasteiger charge is 2.13. The van der Waals surface area contributed by atoms with E-state index in [1.54, 1.807) is 18.2 Å². The van der Waals surface area contributed by atoms with Crippen LogP contribution in [0.4, 0.5) is 5.69 Å². The third kappa shape index (κ3) is 7.26. The number of benzene rings is 1. The molecule has 0 aliphatic carbocycles. The van der Waals surface area contributed by atoms with E-state index in [9.17, 15) is 19.5 Å². The second-order valence-corrected chi connectivity index (χ2v) is 4.88. The Kier molecular flexibility index (Phi) is 8.13. The number of rotatable bonds is 9. The number of carboxylic acid groups (broad SMARTS) is 1. The SMILES string of the molecule is CCCCCCOC(=O)c1ccccc1NC(=O)/C=C/C(=O)[O-]. The normalized spacial score (nSPS) is 10.5. The number of aliphatic carboxylic acids is 1. The van der Waals surface area contributed by atoms with Gasteiger partial charge in [-0.15, -0.1) is 0 Å². The van der Waals surface area contributed by atoms with Crippen molar-refractivity contribution in [3.8, 4) is 0 Å². The van der Waals surface area contributed by atoms with Crippen molar-refractivity contribution in [3.05, 3.63) is 42.0 Å². The van der Waals surface area contributed by atoms with Crippen molar-refractivity contribution in [1.82, 2.24) is 0 Å². The van der Waals surface area contributed by atoms with E-state index in [4.69, 9.17) is 4.74 Å². The summed E-state index contributed by atoms with van der Waals surface area (Å²) >= 11 is 0. The molecule has 0 spiro atoms. The summed E-state index contributed by atoms with van der Waals surface area (Å²) in [5.74, 6) is -2.67. The van der Waals surface area contributed by atoms with Crippen LogP contribution in [-0.4, -0.2) is 24.5 Å². The van der Waals surface area contributed by atoms with E-state index in [0.29, 0.717) is 12.7 Å². The molecular weight excluding hydrogens is 298 g/mol. The fourth-order valence-corrected chi connectivity index (χ4v) is 1.86. The predicted molar refractivity (Wildman–Crippen MR) is 83.6 cm³/mol. The Morgan fingerprint density at radius 1 is 1.13 bits per heavy atom. The Labute approximate surface area is 135 Å². The molecule has 1 amide bonds. The van der Waals surface area contributed by atoms with Crippen LogP contribution in [0, 0.1) is 0 Å². The van der Waals surface area contributed by atoms with Crippen LogP contribution in [0.15, 0.2) is 36.4 Å². The van der Waals surface area contributed by atoms with Crippen molar-refractivity contribution < 1.29 is 24.2 Å². The lowest BCUT2D eigenvalue weighted by molar-refractivity contribution is -0.297. The van der Waals surface area contributed by atoms with Crippen LogP contribution in [0.1, 0.15) is 43.0 Å². The molecule has 23 heavy (non-hydrogen) atoms. The van der Waals surface area contributed by atoms with E-state index >= 15 is 0 Å². The molecule has 0 saturated heterocycles. The molecule has 0 aliphatic rings. The van der Waals surface area contributed by atoms with Crippen molar-refractivity contribution in [2.45, 2.75) is 32.6 Å². The minimum Gasteiger partial charge on any atom is -0.545 e. The first-order valence-electron chi connectivity index (χ1n) is 7.50. The Balaban J connectivity index is 2.64. The molecule has 0 aliphatic heterocycles. The van der Waals surface area contributed by atoms with E-state index in [0.717, 1.165) is 31.8 Å². The van der Waals surface area contributed by atoms with Gasteiger partial charge in [0.15, 0.2) is 0 Å². The number of carboxylic acids is 1. The quantitative estimate of drug-likeness (QED) is 0.424. The van der Waals surface area contributed by atoms with Gasteiger partial charge >= 0.3 is 5.97 Å². The lowest BCUT2D eigenvalue weighted by atomic mass is 10.1. The van der Waals surface area contributed by atoms with Crippen molar-refractivity contribution in [2.75, 3.05) is 11.9 Å². The summed E-state index contributed by atoms with van der Waals surface area (Å²) in [5, 5.41) is 12.7. The van der Waals surface area contributed by atoms with Gasteiger partial charge in [-0.05, 0) is 24.6 Å². The minimum atomic E-state index is -1.47. The zero-order valence-electron chi connectivity index (χ0n) is 13.0. The van der Waals surface area contributed by atoms with Crippen molar-refractivity contribution in [3.63, 3.8) is 0 Å². The van der Waals surface area contributed by atoms with Crippen molar-refractivity contribution >= 4 is 23.5 Å². The monoisotopic (exact) mass is 318 g/mol. The molecule has 0 atom stereocenters. The molecule has 0 unspecified atom stereocenters. The number of ether oxygens (including phenoxy) is 1. The topological polar surface area (TPSA) is 95.5 Å². The summed E-state index contributed by atoms with van der Waals surface area (Å²) in [4.78, 5) is 33.9. The molecule has 0 heterocycles. The molecule has 1 aromatic rings. The van der Waals surface area contributed by atoms with E-state index in [1.807, 2.05) is 0 Å². The number of hydrogen-bond acceptors (Lipinski definition) is 5. The Morgan fingerprint density at radius 3 is 2.57 bits per heavy atom. The number of para-hydroxylation sites is 1. The van der Waals surface area contributed by atoms with Gasteiger partial charge in [-0.1, -0.05) is 38.3 Å². The summed E-state index contributed by atoms with van der Waals surface area (Å²) in [6, 6.07) is 6.38.